The lowest BCUT2D eigenvalue weighted by Gasteiger charge is -2.28. The van der Waals surface area contributed by atoms with E-state index in [1.165, 1.54) is 30.4 Å². The van der Waals surface area contributed by atoms with Crippen molar-refractivity contribution in [3.05, 3.63) is 53.1 Å². The van der Waals surface area contributed by atoms with E-state index in [0.717, 1.165) is 5.56 Å². The van der Waals surface area contributed by atoms with Crippen molar-refractivity contribution in [2.75, 3.05) is 0 Å². The van der Waals surface area contributed by atoms with Crippen molar-refractivity contribution in [1.82, 2.24) is 0 Å². The molecule has 1 aliphatic carbocycles. The van der Waals surface area contributed by atoms with E-state index in [2.05, 4.69) is 18.2 Å². The number of hydrogen-bond acceptors (Lipinski definition) is 1. The van der Waals surface area contributed by atoms with Gasteiger partial charge in [0, 0.05) is 0 Å². The summed E-state index contributed by atoms with van der Waals surface area (Å²) in [6.07, 6.45) is 3.87. The van der Waals surface area contributed by atoms with Crippen LogP contribution >= 0.6 is 11.6 Å². The molecule has 0 atom stereocenters. The highest BCUT2D eigenvalue weighted by molar-refractivity contribution is 6.32. The highest BCUT2D eigenvalue weighted by Gasteiger charge is 2.22. The third-order valence-electron chi connectivity index (χ3n) is 3.76. The van der Waals surface area contributed by atoms with Crippen LogP contribution in [0.15, 0.2) is 42.5 Å². The van der Waals surface area contributed by atoms with Crippen LogP contribution < -0.4 is 0 Å². The van der Waals surface area contributed by atoms with Gasteiger partial charge in [-0.2, -0.15) is 0 Å². The SMILES string of the molecule is Oc1cc(-c2ccccc2C2CCC2)ccc1Cl. The fraction of sp³-hybridized carbons (Fsp3) is 0.250. The van der Waals surface area contributed by atoms with Gasteiger partial charge < -0.3 is 5.11 Å². The van der Waals surface area contributed by atoms with E-state index in [-0.39, 0.29) is 5.75 Å². The number of hydrogen-bond donors (Lipinski definition) is 1. The highest BCUT2D eigenvalue weighted by Crippen LogP contribution is 2.41. The summed E-state index contributed by atoms with van der Waals surface area (Å²) in [5, 5.41) is 10.1. The smallest absolute Gasteiger partial charge is 0.134 e. The lowest BCUT2D eigenvalue weighted by atomic mass is 9.77. The van der Waals surface area contributed by atoms with Gasteiger partial charge >= 0.3 is 0 Å². The molecule has 0 unspecified atom stereocenters. The molecule has 0 spiro atoms. The molecule has 92 valence electrons. The molecule has 0 aromatic heterocycles. The summed E-state index contributed by atoms with van der Waals surface area (Å²) in [6.45, 7) is 0. The molecule has 2 heteroatoms. The number of halogens is 1. The van der Waals surface area contributed by atoms with Crippen LogP contribution in [0.3, 0.4) is 0 Å². The van der Waals surface area contributed by atoms with Gasteiger partial charge in [-0.25, -0.2) is 0 Å². The van der Waals surface area contributed by atoms with Gasteiger partial charge in [-0.1, -0.05) is 48.4 Å². The van der Waals surface area contributed by atoms with Crippen LogP contribution in [0.25, 0.3) is 11.1 Å². The Kier molecular flexibility index (Phi) is 3.00. The van der Waals surface area contributed by atoms with Crippen molar-refractivity contribution in [2.24, 2.45) is 0 Å². The molecule has 0 heterocycles. The monoisotopic (exact) mass is 258 g/mol. The predicted octanol–water partition coefficient (Wildman–Crippen LogP) is 4.98. The number of phenols is 1. The Morgan fingerprint density at radius 1 is 1.06 bits per heavy atom. The number of rotatable bonds is 2. The Balaban J connectivity index is 2.07. The van der Waals surface area contributed by atoms with E-state index in [0.29, 0.717) is 10.9 Å². The summed E-state index contributed by atoms with van der Waals surface area (Å²) >= 11 is 5.86. The van der Waals surface area contributed by atoms with Crippen LogP contribution in [-0.2, 0) is 0 Å². The zero-order valence-corrected chi connectivity index (χ0v) is 10.8. The maximum absolute atomic E-state index is 9.73. The molecular formula is C16H15ClO. The Labute approximate surface area is 112 Å². The quantitative estimate of drug-likeness (QED) is 0.805. The third kappa shape index (κ3) is 1.99. The topological polar surface area (TPSA) is 20.2 Å². The summed E-state index contributed by atoms with van der Waals surface area (Å²) < 4.78 is 0. The summed E-state index contributed by atoms with van der Waals surface area (Å²) in [4.78, 5) is 0. The number of phenolic OH excluding ortho intramolecular Hbond substituents is 1. The predicted molar refractivity (Wildman–Crippen MR) is 75.1 cm³/mol. The molecule has 0 bridgehead atoms. The largest absolute Gasteiger partial charge is 0.506 e. The minimum Gasteiger partial charge on any atom is -0.506 e. The van der Waals surface area contributed by atoms with Crippen LogP contribution in [-0.4, -0.2) is 5.11 Å². The van der Waals surface area contributed by atoms with Crippen LogP contribution in [0.5, 0.6) is 5.75 Å². The van der Waals surface area contributed by atoms with Crippen molar-refractivity contribution in [2.45, 2.75) is 25.2 Å². The fourth-order valence-corrected chi connectivity index (χ4v) is 2.63. The summed E-state index contributed by atoms with van der Waals surface area (Å²) in [7, 11) is 0. The molecule has 0 aliphatic heterocycles. The first-order valence-corrected chi connectivity index (χ1v) is 6.71. The molecule has 1 nitrogen and oxygen atoms in total. The van der Waals surface area contributed by atoms with E-state index in [9.17, 15) is 5.11 Å². The fourth-order valence-electron chi connectivity index (χ4n) is 2.52. The lowest BCUT2D eigenvalue weighted by molar-refractivity contribution is 0.420. The van der Waals surface area contributed by atoms with E-state index in [1.807, 2.05) is 12.1 Å². The van der Waals surface area contributed by atoms with Crippen LogP contribution in [0, 0.1) is 0 Å². The normalized spacial score (nSPS) is 15.4. The zero-order valence-electron chi connectivity index (χ0n) is 10.1. The first-order chi connectivity index (χ1) is 8.75. The lowest BCUT2D eigenvalue weighted by Crippen LogP contribution is -2.09. The Morgan fingerprint density at radius 3 is 2.50 bits per heavy atom. The zero-order chi connectivity index (χ0) is 12.5. The van der Waals surface area contributed by atoms with Crippen molar-refractivity contribution in [3.63, 3.8) is 0 Å². The second-order valence-corrected chi connectivity index (χ2v) is 5.29. The second kappa shape index (κ2) is 4.66. The molecule has 0 saturated heterocycles. The third-order valence-corrected chi connectivity index (χ3v) is 4.08. The van der Waals surface area contributed by atoms with Crippen LogP contribution in [0.1, 0.15) is 30.7 Å². The van der Waals surface area contributed by atoms with Crippen molar-refractivity contribution >= 4 is 11.6 Å². The average Bonchev–Trinajstić information content (AvgIpc) is 2.31. The van der Waals surface area contributed by atoms with Gasteiger partial charge in [0.2, 0.25) is 0 Å². The van der Waals surface area contributed by atoms with Gasteiger partial charge in [0.05, 0.1) is 5.02 Å². The summed E-state index contributed by atoms with van der Waals surface area (Å²) in [6, 6.07) is 13.9. The van der Waals surface area contributed by atoms with Gasteiger partial charge in [0.25, 0.3) is 0 Å². The van der Waals surface area contributed by atoms with Crippen LogP contribution in [0.4, 0.5) is 0 Å². The van der Waals surface area contributed by atoms with E-state index in [1.54, 1.807) is 12.1 Å². The molecule has 0 radical (unpaired) electrons. The van der Waals surface area contributed by atoms with Crippen molar-refractivity contribution in [3.8, 4) is 16.9 Å². The molecular weight excluding hydrogens is 244 g/mol. The first kappa shape index (κ1) is 11.6. The summed E-state index contributed by atoms with van der Waals surface area (Å²) in [5.41, 5.74) is 3.65. The minimum absolute atomic E-state index is 0.151. The number of aromatic hydroxyl groups is 1. The molecule has 1 N–H and O–H groups in total. The standard InChI is InChI=1S/C16H15ClO/c17-15-9-8-12(10-16(15)18)14-7-2-1-6-13(14)11-4-3-5-11/h1-2,6-11,18H,3-5H2. The van der Waals surface area contributed by atoms with Crippen LogP contribution in [0.2, 0.25) is 5.02 Å². The summed E-state index contributed by atoms with van der Waals surface area (Å²) in [5.74, 6) is 0.830. The molecule has 0 amide bonds. The molecule has 1 fully saturated rings. The molecule has 2 aromatic rings. The van der Waals surface area contributed by atoms with E-state index < -0.39 is 0 Å². The van der Waals surface area contributed by atoms with Crippen molar-refractivity contribution in [1.29, 1.82) is 0 Å². The van der Waals surface area contributed by atoms with Gasteiger partial charge in [-0.3, -0.25) is 0 Å². The van der Waals surface area contributed by atoms with Gasteiger partial charge in [0.15, 0.2) is 0 Å². The molecule has 1 aliphatic rings. The Bertz CT molecular complexity index is 573. The average molecular weight is 259 g/mol. The number of benzene rings is 2. The van der Waals surface area contributed by atoms with Gasteiger partial charge in [-0.15, -0.1) is 0 Å². The molecule has 2 aromatic carbocycles. The maximum atomic E-state index is 9.73. The molecule has 1 saturated carbocycles. The molecule has 3 rings (SSSR count). The van der Waals surface area contributed by atoms with E-state index >= 15 is 0 Å². The van der Waals surface area contributed by atoms with Crippen molar-refractivity contribution < 1.29 is 5.11 Å². The second-order valence-electron chi connectivity index (χ2n) is 4.88. The maximum Gasteiger partial charge on any atom is 0.134 e. The van der Waals surface area contributed by atoms with Gasteiger partial charge in [0.1, 0.15) is 5.75 Å². The van der Waals surface area contributed by atoms with Gasteiger partial charge in [-0.05, 0) is 47.6 Å². The first-order valence-electron chi connectivity index (χ1n) is 6.33. The minimum atomic E-state index is 0.151. The Hall–Kier alpha value is -1.47. The Morgan fingerprint density at radius 2 is 1.83 bits per heavy atom. The highest BCUT2D eigenvalue weighted by atomic mass is 35.5. The van der Waals surface area contributed by atoms with E-state index in [4.69, 9.17) is 11.6 Å². The molecule has 18 heavy (non-hydrogen) atoms.